The number of rotatable bonds is 30. The Kier molecular flexibility index (Phi) is 26.8. The molecular weight excluding hydrogens is 1040 g/mol. The summed E-state index contributed by atoms with van der Waals surface area (Å²) in [7, 11) is 5.83. The Morgan fingerprint density at radius 3 is 1.14 bits per heavy atom. The minimum atomic E-state index is -1.54. The van der Waals surface area contributed by atoms with Gasteiger partial charge in [-0.15, -0.1) is 0 Å². The zero-order valence-corrected chi connectivity index (χ0v) is 50.3. The van der Waals surface area contributed by atoms with Gasteiger partial charge in [-0.05, 0) is 106 Å². The predicted octanol–water partition coefficient (Wildman–Crippen LogP) is 5.17. The molecule has 2 aliphatic heterocycles. The van der Waals surface area contributed by atoms with E-state index in [9.17, 15) is 43.5 Å². The molecule has 8 unspecified atom stereocenters. The average molecular weight is 1140 g/mol. The SMILES string of the molecule is CNC(CC(C)C)C(=O)OC(Cc1ccc(N2CCOCC2)cc1)C(=O)N(C)C(CC(C)C)C(=O)OC(C)C(=O)N(C)C(CC(C)C)C(=O)OC(Cc1ccc(N2CCOCC2)cc1)C(=O)N(C)C(CC(C)C)C(=O)OC(C)C(=O)O. The van der Waals surface area contributed by atoms with Gasteiger partial charge < -0.3 is 63.3 Å². The average Bonchev–Trinajstić information content (AvgIpc) is 3.46. The van der Waals surface area contributed by atoms with Crippen LogP contribution in [-0.2, 0) is 79.6 Å². The molecule has 0 radical (unpaired) electrons. The summed E-state index contributed by atoms with van der Waals surface area (Å²) in [6.45, 7) is 22.8. The Morgan fingerprint density at radius 2 is 0.802 bits per heavy atom. The fourth-order valence-corrected chi connectivity index (χ4v) is 9.75. The van der Waals surface area contributed by atoms with E-state index in [0.717, 1.165) is 39.8 Å². The highest BCUT2D eigenvalue weighted by Crippen LogP contribution is 2.25. The largest absolute Gasteiger partial charge is 0.479 e. The molecule has 0 saturated carbocycles. The molecule has 0 spiro atoms. The van der Waals surface area contributed by atoms with E-state index in [2.05, 4.69) is 15.1 Å². The lowest BCUT2D eigenvalue weighted by molar-refractivity contribution is -0.174. The van der Waals surface area contributed by atoms with Crippen LogP contribution in [0.1, 0.15) is 106 Å². The summed E-state index contributed by atoms with van der Waals surface area (Å²) in [6, 6.07) is 10.6. The molecule has 21 nitrogen and oxygen atoms in total. The van der Waals surface area contributed by atoms with Crippen LogP contribution in [-0.4, -0.2) is 197 Å². The van der Waals surface area contributed by atoms with Gasteiger partial charge in [0.1, 0.15) is 24.2 Å². The van der Waals surface area contributed by atoms with Crippen molar-refractivity contribution >= 4 is 58.9 Å². The number of anilines is 2. The van der Waals surface area contributed by atoms with Crippen LogP contribution in [0, 0.1) is 23.7 Å². The molecule has 2 N–H and O–H groups in total. The summed E-state index contributed by atoms with van der Waals surface area (Å²) in [6.07, 6.45) is -5.25. The number of likely N-dealkylation sites (N-methyl/N-ethyl adjacent to an activating group) is 4. The molecule has 8 atom stereocenters. The second-order valence-corrected chi connectivity index (χ2v) is 23.0. The van der Waals surface area contributed by atoms with Crippen molar-refractivity contribution in [3.63, 3.8) is 0 Å². The number of ether oxygens (including phenoxy) is 6. The molecule has 2 heterocycles. The lowest BCUT2D eigenvalue weighted by atomic mass is 10.00. The Hall–Kier alpha value is -6.32. The molecule has 2 aromatic rings. The molecule has 2 fully saturated rings. The second-order valence-electron chi connectivity index (χ2n) is 23.0. The smallest absolute Gasteiger partial charge is 0.344 e. The highest BCUT2D eigenvalue weighted by molar-refractivity contribution is 5.93. The van der Waals surface area contributed by atoms with Gasteiger partial charge in [-0.3, -0.25) is 19.2 Å². The van der Waals surface area contributed by atoms with E-state index in [0.29, 0.717) is 51.5 Å². The first-order chi connectivity index (χ1) is 38.2. The molecule has 81 heavy (non-hydrogen) atoms. The van der Waals surface area contributed by atoms with Gasteiger partial charge in [-0.2, -0.15) is 0 Å². The normalized spacial score (nSPS) is 16.8. The Morgan fingerprint density at radius 1 is 0.481 bits per heavy atom. The third kappa shape index (κ3) is 20.6. The minimum Gasteiger partial charge on any atom is -0.479 e. The Bertz CT molecular complexity index is 2370. The number of carboxylic acid groups (broad SMARTS) is 1. The van der Waals surface area contributed by atoms with Crippen molar-refractivity contribution in [3.05, 3.63) is 59.7 Å². The maximum atomic E-state index is 14.7. The maximum absolute atomic E-state index is 14.7. The van der Waals surface area contributed by atoms with Crippen LogP contribution in [0.3, 0.4) is 0 Å². The number of nitrogens with one attached hydrogen (secondary N) is 1. The number of carbonyl (C=O) groups is 8. The quantitative estimate of drug-likeness (QED) is 0.0758. The standard InChI is InChI=1S/C60H92N6O15/c1-37(2)31-47(61-11)57(72)80-51(35-43-15-19-45(20-16-43)65-23-27-76-28-24-65)54(68)63(13)48(32-38(3)4)58(73)78-41(9)53(67)62(12)50(34-40(7)8)60(75)81-52(36-44-17-21-46(22-18-44)66-25-29-77-30-26-66)55(69)64(14)49(33-39(5)6)59(74)79-42(10)56(70)71/h15-22,37-42,47-52,61H,23-36H2,1-14H3,(H,70,71). The molecule has 0 bridgehead atoms. The monoisotopic (exact) mass is 1140 g/mol. The minimum absolute atomic E-state index is 0.00791. The van der Waals surface area contributed by atoms with E-state index in [1.807, 2.05) is 104 Å². The van der Waals surface area contributed by atoms with E-state index in [4.69, 9.17) is 28.4 Å². The van der Waals surface area contributed by atoms with Crippen molar-refractivity contribution in [3.8, 4) is 0 Å². The number of carboxylic acids is 1. The van der Waals surface area contributed by atoms with Crippen LogP contribution in [0.2, 0.25) is 0 Å². The van der Waals surface area contributed by atoms with Crippen LogP contribution >= 0.6 is 0 Å². The molecule has 2 saturated heterocycles. The number of hydrogen-bond donors (Lipinski definition) is 2. The second kappa shape index (κ2) is 32.4. The third-order valence-electron chi connectivity index (χ3n) is 14.5. The van der Waals surface area contributed by atoms with Crippen LogP contribution in [0.25, 0.3) is 0 Å². The van der Waals surface area contributed by atoms with Gasteiger partial charge in [0.05, 0.1) is 26.4 Å². The lowest BCUT2D eigenvalue weighted by Crippen LogP contribution is -2.53. The first-order valence-corrected chi connectivity index (χ1v) is 28.6. The Balaban J connectivity index is 1.61. The van der Waals surface area contributed by atoms with Gasteiger partial charge in [0, 0.05) is 71.5 Å². The van der Waals surface area contributed by atoms with Gasteiger partial charge in [-0.1, -0.05) is 79.7 Å². The highest BCUT2D eigenvalue weighted by atomic mass is 16.6. The predicted molar refractivity (Wildman–Crippen MR) is 305 cm³/mol. The van der Waals surface area contributed by atoms with Gasteiger partial charge in [0.2, 0.25) is 0 Å². The van der Waals surface area contributed by atoms with Crippen LogP contribution < -0.4 is 15.1 Å². The molecule has 0 aliphatic carbocycles. The van der Waals surface area contributed by atoms with E-state index >= 15 is 0 Å². The molecule has 2 aliphatic rings. The fraction of sp³-hybridized carbons (Fsp3) is 0.667. The fourth-order valence-electron chi connectivity index (χ4n) is 9.75. The summed E-state index contributed by atoms with van der Waals surface area (Å²) in [5.74, 6) is -7.33. The van der Waals surface area contributed by atoms with E-state index in [-0.39, 0.29) is 55.8 Å². The Labute approximate surface area is 479 Å². The molecular formula is C60H92N6O15. The van der Waals surface area contributed by atoms with Crippen molar-refractivity contribution in [2.75, 3.05) is 90.6 Å². The maximum Gasteiger partial charge on any atom is 0.344 e. The van der Waals surface area contributed by atoms with Gasteiger partial charge in [0.15, 0.2) is 24.4 Å². The van der Waals surface area contributed by atoms with Crippen molar-refractivity contribution in [2.24, 2.45) is 23.7 Å². The number of amides is 3. The number of aliphatic carboxylic acids is 1. The van der Waals surface area contributed by atoms with Crippen LogP contribution in [0.15, 0.2) is 48.5 Å². The number of nitrogens with zero attached hydrogens (tertiary/aromatic N) is 5. The van der Waals surface area contributed by atoms with Gasteiger partial charge in [-0.25, -0.2) is 19.2 Å². The third-order valence-corrected chi connectivity index (χ3v) is 14.5. The van der Waals surface area contributed by atoms with E-state index in [1.54, 1.807) is 7.05 Å². The summed E-state index contributed by atoms with van der Waals surface area (Å²) >= 11 is 0. The lowest BCUT2D eigenvalue weighted by Gasteiger charge is -2.34. The molecule has 4 rings (SSSR count). The summed E-state index contributed by atoms with van der Waals surface area (Å²) in [5, 5.41) is 12.5. The van der Waals surface area contributed by atoms with E-state index < -0.39 is 96.2 Å². The van der Waals surface area contributed by atoms with Gasteiger partial charge in [0.25, 0.3) is 17.7 Å². The van der Waals surface area contributed by atoms with Gasteiger partial charge >= 0.3 is 29.8 Å². The number of carbonyl (C=O) groups excluding carboxylic acids is 7. The highest BCUT2D eigenvalue weighted by Gasteiger charge is 2.41. The van der Waals surface area contributed by atoms with Crippen LogP contribution in [0.4, 0.5) is 11.4 Å². The first-order valence-electron chi connectivity index (χ1n) is 28.6. The topological polar surface area (TPSA) is 240 Å². The van der Waals surface area contributed by atoms with Crippen LogP contribution in [0.5, 0.6) is 0 Å². The van der Waals surface area contributed by atoms with Crippen molar-refractivity contribution in [2.45, 2.75) is 156 Å². The first kappa shape index (κ1) is 67.2. The summed E-state index contributed by atoms with van der Waals surface area (Å²) < 4.78 is 34.4. The number of esters is 4. The zero-order chi connectivity index (χ0) is 60.2. The summed E-state index contributed by atoms with van der Waals surface area (Å²) in [5.41, 5.74) is 3.26. The number of morpholine rings is 2. The molecule has 21 heteroatoms. The van der Waals surface area contributed by atoms with Crippen molar-refractivity contribution in [1.82, 2.24) is 20.0 Å². The van der Waals surface area contributed by atoms with Crippen molar-refractivity contribution in [1.29, 1.82) is 0 Å². The number of benzene rings is 2. The van der Waals surface area contributed by atoms with E-state index in [1.165, 1.54) is 39.9 Å². The molecule has 0 aromatic heterocycles. The summed E-state index contributed by atoms with van der Waals surface area (Å²) in [4.78, 5) is 120. The zero-order valence-electron chi connectivity index (χ0n) is 50.3. The molecule has 3 amide bonds. The molecule has 2 aromatic carbocycles. The van der Waals surface area contributed by atoms with Crippen molar-refractivity contribution < 1.29 is 71.9 Å². The molecule has 452 valence electrons. The number of hydrogen-bond acceptors (Lipinski definition) is 17.